The number of hydrogen-bond donors (Lipinski definition) is 1. The second kappa shape index (κ2) is 6.18. The van der Waals surface area contributed by atoms with Crippen molar-refractivity contribution < 1.29 is 19.0 Å². The Morgan fingerprint density at radius 1 is 1.20 bits per heavy atom. The first-order valence-electron chi connectivity index (χ1n) is 9.32. The van der Waals surface area contributed by atoms with E-state index in [9.17, 15) is 4.79 Å². The third-order valence-electron chi connectivity index (χ3n) is 5.77. The van der Waals surface area contributed by atoms with E-state index >= 15 is 0 Å². The van der Waals surface area contributed by atoms with Gasteiger partial charge in [0.2, 0.25) is 12.7 Å². The fourth-order valence-corrected chi connectivity index (χ4v) is 4.15. The van der Waals surface area contributed by atoms with E-state index in [1.54, 1.807) is 0 Å². The maximum atomic E-state index is 12.3. The lowest BCUT2D eigenvalue weighted by atomic mass is 10.1. The van der Waals surface area contributed by atoms with Gasteiger partial charge in [-0.15, -0.1) is 0 Å². The van der Waals surface area contributed by atoms with Gasteiger partial charge in [0.1, 0.15) is 6.10 Å². The summed E-state index contributed by atoms with van der Waals surface area (Å²) in [7, 11) is 0. The minimum Gasteiger partial charge on any atom is -0.454 e. The predicted molar refractivity (Wildman–Crippen MR) is 90.4 cm³/mol. The number of hydrogen-bond acceptors (Lipinski definition) is 5. The summed E-state index contributed by atoms with van der Waals surface area (Å²) in [5, 5.41) is 3.06. The quantitative estimate of drug-likeness (QED) is 0.881. The number of nitrogens with zero attached hydrogens (tertiary/aromatic N) is 1. The molecule has 134 valence electrons. The van der Waals surface area contributed by atoms with E-state index in [4.69, 9.17) is 14.2 Å². The zero-order valence-corrected chi connectivity index (χ0v) is 14.3. The maximum absolute atomic E-state index is 12.3. The number of ether oxygens (including phenoxy) is 3. The molecule has 0 radical (unpaired) electrons. The number of likely N-dealkylation sites (tertiary alicyclic amines) is 1. The fourth-order valence-electron chi connectivity index (χ4n) is 4.15. The molecule has 3 fully saturated rings. The molecule has 1 amide bonds. The van der Waals surface area contributed by atoms with Gasteiger partial charge in [0.25, 0.3) is 0 Å². The molecular formula is C19H24N2O4. The lowest BCUT2D eigenvalue weighted by molar-refractivity contribution is -0.132. The second-order valence-corrected chi connectivity index (χ2v) is 7.60. The van der Waals surface area contributed by atoms with Crippen LogP contribution in [-0.2, 0) is 16.1 Å². The van der Waals surface area contributed by atoms with E-state index in [2.05, 4.69) is 22.3 Å². The van der Waals surface area contributed by atoms with Crippen LogP contribution < -0.4 is 14.8 Å². The van der Waals surface area contributed by atoms with Crippen molar-refractivity contribution in [3.8, 4) is 11.5 Å². The van der Waals surface area contributed by atoms with E-state index < -0.39 is 0 Å². The van der Waals surface area contributed by atoms with Crippen LogP contribution in [0.5, 0.6) is 11.5 Å². The summed E-state index contributed by atoms with van der Waals surface area (Å²) >= 11 is 0. The molecule has 4 aliphatic rings. The SMILES string of the molecule is O=C(NCC1CC1)[C@H]1C[C@H]2[C@H](CCN2Cc2ccc3c(c2)OCO3)O1. The molecule has 3 atom stereocenters. The molecule has 2 saturated heterocycles. The Morgan fingerprint density at radius 3 is 2.96 bits per heavy atom. The molecule has 0 spiro atoms. The van der Waals surface area contributed by atoms with Gasteiger partial charge in [0, 0.05) is 32.1 Å². The molecular weight excluding hydrogens is 320 g/mol. The molecule has 3 heterocycles. The van der Waals surface area contributed by atoms with E-state index in [0.29, 0.717) is 18.8 Å². The van der Waals surface area contributed by atoms with Crippen LogP contribution in [0.3, 0.4) is 0 Å². The number of carbonyl (C=O) groups excluding carboxylic acids is 1. The van der Waals surface area contributed by atoms with E-state index in [0.717, 1.165) is 44.0 Å². The summed E-state index contributed by atoms with van der Waals surface area (Å²) in [6.45, 7) is 2.99. The van der Waals surface area contributed by atoms with E-state index in [1.807, 2.05) is 6.07 Å². The summed E-state index contributed by atoms with van der Waals surface area (Å²) in [6.07, 6.45) is 4.20. The van der Waals surface area contributed by atoms with Gasteiger partial charge < -0.3 is 19.5 Å². The summed E-state index contributed by atoms with van der Waals surface area (Å²) < 4.78 is 16.9. The maximum Gasteiger partial charge on any atom is 0.249 e. The van der Waals surface area contributed by atoms with Gasteiger partial charge in [-0.3, -0.25) is 9.69 Å². The lowest BCUT2D eigenvalue weighted by Gasteiger charge is -2.22. The van der Waals surface area contributed by atoms with Gasteiger partial charge in [-0.2, -0.15) is 0 Å². The van der Waals surface area contributed by atoms with Crippen molar-refractivity contribution in [2.75, 3.05) is 19.9 Å². The highest BCUT2D eigenvalue weighted by molar-refractivity contribution is 5.81. The molecule has 0 aromatic heterocycles. The topological polar surface area (TPSA) is 60.0 Å². The summed E-state index contributed by atoms with van der Waals surface area (Å²) in [4.78, 5) is 14.8. The molecule has 0 bridgehead atoms. The molecule has 1 aromatic carbocycles. The molecule has 1 saturated carbocycles. The molecule has 6 heteroatoms. The van der Waals surface area contributed by atoms with Crippen LogP contribution in [0.15, 0.2) is 18.2 Å². The first-order valence-corrected chi connectivity index (χ1v) is 9.32. The molecule has 1 N–H and O–H groups in total. The van der Waals surface area contributed by atoms with Gasteiger partial charge in [-0.05, 0) is 42.9 Å². The molecule has 25 heavy (non-hydrogen) atoms. The second-order valence-electron chi connectivity index (χ2n) is 7.60. The van der Waals surface area contributed by atoms with Crippen molar-refractivity contribution in [2.45, 2.75) is 50.5 Å². The largest absolute Gasteiger partial charge is 0.454 e. The third kappa shape index (κ3) is 3.09. The van der Waals surface area contributed by atoms with Gasteiger partial charge in [-0.1, -0.05) is 6.07 Å². The molecule has 5 rings (SSSR count). The first kappa shape index (κ1) is 15.5. The predicted octanol–water partition coefficient (Wildman–Crippen LogP) is 1.67. The molecule has 3 aliphatic heterocycles. The van der Waals surface area contributed by atoms with Crippen LogP contribution in [0.25, 0.3) is 0 Å². The smallest absolute Gasteiger partial charge is 0.249 e. The summed E-state index contributed by atoms with van der Waals surface area (Å²) in [5.41, 5.74) is 1.21. The summed E-state index contributed by atoms with van der Waals surface area (Å²) in [6, 6.07) is 6.47. The van der Waals surface area contributed by atoms with Gasteiger partial charge >= 0.3 is 0 Å². The average molecular weight is 344 g/mol. The van der Waals surface area contributed by atoms with Gasteiger partial charge in [0.05, 0.1) is 6.10 Å². The highest BCUT2D eigenvalue weighted by Gasteiger charge is 2.45. The Bertz CT molecular complexity index is 675. The molecule has 6 nitrogen and oxygen atoms in total. The van der Waals surface area contributed by atoms with Crippen LogP contribution in [0.2, 0.25) is 0 Å². The number of nitrogens with one attached hydrogen (secondary N) is 1. The lowest BCUT2D eigenvalue weighted by Crippen LogP contribution is -2.37. The van der Waals surface area contributed by atoms with Crippen molar-refractivity contribution in [3.05, 3.63) is 23.8 Å². The third-order valence-corrected chi connectivity index (χ3v) is 5.77. The molecule has 1 aromatic rings. The Kier molecular flexibility index (Phi) is 3.82. The van der Waals surface area contributed by atoms with Crippen molar-refractivity contribution in [1.82, 2.24) is 10.2 Å². The number of carbonyl (C=O) groups is 1. The zero-order chi connectivity index (χ0) is 16.8. The number of benzene rings is 1. The monoisotopic (exact) mass is 344 g/mol. The zero-order valence-electron chi connectivity index (χ0n) is 14.3. The first-order chi connectivity index (χ1) is 12.3. The average Bonchev–Trinajstić information content (AvgIpc) is 3.02. The highest BCUT2D eigenvalue weighted by atomic mass is 16.7. The summed E-state index contributed by atoms with van der Waals surface area (Å²) in [5.74, 6) is 2.42. The number of fused-ring (bicyclic) bond motifs is 2. The highest BCUT2D eigenvalue weighted by Crippen LogP contribution is 2.36. The van der Waals surface area contributed by atoms with Crippen LogP contribution in [-0.4, -0.2) is 48.9 Å². The Morgan fingerprint density at radius 2 is 2.08 bits per heavy atom. The van der Waals surface area contributed by atoms with Crippen LogP contribution in [0, 0.1) is 5.92 Å². The van der Waals surface area contributed by atoms with Gasteiger partial charge in [-0.25, -0.2) is 0 Å². The van der Waals surface area contributed by atoms with Gasteiger partial charge in [0.15, 0.2) is 11.5 Å². The van der Waals surface area contributed by atoms with Crippen LogP contribution in [0.1, 0.15) is 31.2 Å². The normalized spacial score (nSPS) is 30.5. The number of amides is 1. The Hall–Kier alpha value is -1.79. The van der Waals surface area contributed by atoms with E-state index in [-0.39, 0.29) is 18.1 Å². The van der Waals surface area contributed by atoms with Crippen molar-refractivity contribution >= 4 is 5.91 Å². The minimum atomic E-state index is -0.284. The Balaban J connectivity index is 1.20. The van der Waals surface area contributed by atoms with Crippen molar-refractivity contribution in [2.24, 2.45) is 5.92 Å². The molecule has 0 unspecified atom stereocenters. The number of rotatable bonds is 5. The fraction of sp³-hybridized carbons (Fsp3) is 0.632. The standard InChI is InChI=1S/C19H24N2O4/c22-19(20-9-12-1-2-12)18-8-14-15(25-18)5-6-21(14)10-13-3-4-16-17(7-13)24-11-23-16/h3-4,7,12,14-15,18H,1-2,5-6,8-11H2,(H,20,22)/t14-,15-,18+/m0/s1. The van der Waals surface area contributed by atoms with Crippen LogP contribution >= 0.6 is 0 Å². The van der Waals surface area contributed by atoms with Crippen LogP contribution in [0.4, 0.5) is 0 Å². The molecule has 1 aliphatic carbocycles. The minimum absolute atomic E-state index is 0.0735. The van der Waals surface area contributed by atoms with Crippen molar-refractivity contribution in [3.63, 3.8) is 0 Å². The van der Waals surface area contributed by atoms with E-state index in [1.165, 1.54) is 18.4 Å². The van der Waals surface area contributed by atoms with Crippen molar-refractivity contribution in [1.29, 1.82) is 0 Å². The Labute approximate surface area is 147 Å².